The summed E-state index contributed by atoms with van der Waals surface area (Å²) in [5.74, 6) is 1.89. The Hall–Kier alpha value is -0.0800. The van der Waals surface area contributed by atoms with Crippen LogP contribution in [-0.2, 0) is 0 Å². The van der Waals surface area contributed by atoms with E-state index in [1.165, 1.54) is 64.7 Å². The first-order valence-electron chi connectivity index (χ1n) is 9.02. The van der Waals surface area contributed by atoms with Crippen LogP contribution in [0.15, 0.2) is 0 Å². The Labute approximate surface area is 126 Å². The predicted octanol–water partition coefficient (Wildman–Crippen LogP) is 3.91. The van der Waals surface area contributed by atoms with Gasteiger partial charge in [0.1, 0.15) is 0 Å². The standard InChI is InChI=1S/C18H36N2/c1-5-11-19-17-16(9-10-18(17,3)4)14-20(12-6-2)13-15-7-8-15/h15-17,19H,5-14H2,1-4H3. The Morgan fingerprint density at radius 3 is 2.40 bits per heavy atom. The lowest BCUT2D eigenvalue weighted by atomic mass is 9.84. The molecule has 0 heterocycles. The molecule has 0 radical (unpaired) electrons. The fraction of sp³-hybridized carbons (Fsp3) is 1.00. The van der Waals surface area contributed by atoms with Gasteiger partial charge in [-0.2, -0.15) is 0 Å². The first kappa shape index (κ1) is 16.3. The van der Waals surface area contributed by atoms with Crippen molar-refractivity contribution in [2.45, 2.75) is 72.3 Å². The molecular formula is C18H36N2. The van der Waals surface area contributed by atoms with Gasteiger partial charge in [-0.1, -0.05) is 27.7 Å². The van der Waals surface area contributed by atoms with Crippen molar-refractivity contribution in [3.05, 3.63) is 0 Å². The summed E-state index contributed by atoms with van der Waals surface area (Å²) in [4.78, 5) is 2.77. The van der Waals surface area contributed by atoms with E-state index in [0.29, 0.717) is 5.41 Å². The molecule has 0 aromatic rings. The molecule has 2 heteroatoms. The summed E-state index contributed by atoms with van der Waals surface area (Å²) in [6.45, 7) is 14.7. The Morgan fingerprint density at radius 2 is 1.80 bits per heavy atom. The van der Waals surface area contributed by atoms with Crippen molar-refractivity contribution in [1.82, 2.24) is 10.2 Å². The van der Waals surface area contributed by atoms with Crippen molar-refractivity contribution < 1.29 is 0 Å². The van der Waals surface area contributed by atoms with E-state index in [1.54, 1.807) is 0 Å². The molecule has 118 valence electrons. The molecule has 1 N–H and O–H groups in total. The summed E-state index contributed by atoms with van der Waals surface area (Å²) < 4.78 is 0. The van der Waals surface area contributed by atoms with Crippen LogP contribution in [0.1, 0.15) is 66.2 Å². The first-order valence-corrected chi connectivity index (χ1v) is 9.02. The van der Waals surface area contributed by atoms with Crippen LogP contribution in [0.2, 0.25) is 0 Å². The molecule has 0 amide bonds. The lowest BCUT2D eigenvalue weighted by molar-refractivity contribution is 0.178. The fourth-order valence-electron chi connectivity index (χ4n) is 4.03. The zero-order chi connectivity index (χ0) is 14.6. The summed E-state index contributed by atoms with van der Waals surface area (Å²) in [5, 5.41) is 3.86. The first-order chi connectivity index (χ1) is 9.56. The summed E-state index contributed by atoms with van der Waals surface area (Å²) in [5.41, 5.74) is 0.483. The molecule has 2 aliphatic carbocycles. The minimum atomic E-state index is 0.483. The Morgan fingerprint density at radius 1 is 1.05 bits per heavy atom. The summed E-state index contributed by atoms with van der Waals surface area (Å²) in [6, 6.07) is 0.723. The lowest BCUT2D eigenvalue weighted by Gasteiger charge is -2.34. The SMILES string of the molecule is CCCNC1C(CN(CCC)CC2CC2)CCC1(C)C. The van der Waals surface area contributed by atoms with E-state index in [9.17, 15) is 0 Å². The zero-order valence-corrected chi connectivity index (χ0v) is 14.3. The largest absolute Gasteiger partial charge is 0.313 e. The van der Waals surface area contributed by atoms with Crippen molar-refractivity contribution in [1.29, 1.82) is 0 Å². The van der Waals surface area contributed by atoms with Gasteiger partial charge in [-0.25, -0.2) is 0 Å². The molecule has 2 fully saturated rings. The van der Waals surface area contributed by atoms with E-state index in [0.717, 1.165) is 17.9 Å². The predicted molar refractivity (Wildman–Crippen MR) is 88.0 cm³/mol. The van der Waals surface area contributed by atoms with E-state index in [-0.39, 0.29) is 0 Å². The monoisotopic (exact) mass is 280 g/mol. The van der Waals surface area contributed by atoms with Crippen LogP contribution in [-0.4, -0.2) is 37.1 Å². The van der Waals surface area contributed by atoms with Gasteiger partial charge in [-0.15, -0.1) is 0 Å². The second-order valence-corrected chi connectivity index (χ2v) is 7.92. The van der Waals surface area contributed by atoms with E-state index in [1.807, 2.05) is 0 Å². The van der Waals surface area contributed by atoms with Crippen molar-refractivity contribution in [2.24, 2.45) is 17.3 Å². The van der Waals surface area contributed by atoms with Crippen molar-refractivity contribution in [2.75, 3.05) is 26.2 Å². The maximum atomic E-state index is 3.86. The minimum absolute atomic E-state index is 0.483. The molecule has 2 atom stereocenters. The highest BCUT2D eigenvalue weighted by atomic mass is 15.1. The van der Waals surface area contributed by atoms with Crippen LogP contribution in [0, 0.1) is 17.3 Å². The normalized spacial score (nSPS) is 29.2. The highest BCUT2D eigenvalue weighted by Crippen LogP contribution is 2.42. The molecule has 0 aromatic carbocycles. The quantitative estimate of drug-likeness (QED) is 0.689. The molecule has 2 rings (SSSR count). The van der Waals surface area contributed by atoms with Gasteiger partial charge in [0, 0.05) is 19.1 Å². The average molecular weight is 280 g/mol. The number of nitrogens with zero attached hydrogens (tertiary/aromatic N) is 1. The van der Waals surface area contributed by atoms with Gasteiger partial charge in [-0.3, -0.25) is 0 Å². The van der Waals surface area contributed by atoms with Crippen LogP contribution >= 0.6 is 0 Å². The number of nitrogens with one attached hydrogen (secondary N) is 1. The highest BCUT2D eigenvalue weighted by molar-refractivity contribution is 4.97. The van der Waals surface area contributed by atoms with Crippen molar-refractivity contribution in [3.8, 4) is 0 Å². The van der Waals surface area contributed by atoms with Crippen LogP contribution in [0.3, 0.4) is 0 Å². The highest BCUT2D eigenvalue weighted by Gasteiger charge is 2.42. The van der Waals surface area contributed by atoms with E-state index >= 15 is 0 Å². The molecule has 0 bridgehead atoms. The maximum Gasteiger partial charge on any atom is 0.0159 e. The molecule has 0 saturated heterocycles. The van der Waals surface area contributed by atoms with Crippen molar-refractivity contribution >= 4 is 0 Å². The number of rotatable bonds is 9. The molecule has 2 unspecified atom stereocenters. The zero-order valence-electron chi connectivity index (χ0n) is 14.3. The van der Waals surface area contributed by atoms with Gasteiger partial charge in [0.25, 0.3) is 0 Å². The topological polar surface area (TPSA) is 15.3 Å². The third-order valence-electron chi connectivity index (χ3n) is 5.33. The Balaban J connectivity index is 1.90. The van der Waals surface area contributed by atoms with Crippen LogP contribution in [0.5, 0.6) is 0 Å². The molecule has 20 heavy (non-hydrogen) atoms. The maximum absolute atomic E-state index is 3.86. The lowest BCUT2D eigenvalue weighted by Crippen LogP contribution is -2.46. The van der Waals surface area contributed by atoms with Crippen LogP contribution in [0.4, 0.5) is 0 Å². The summed E-state index contributed by atoms with van der Waals surface area (Å²) in [6.07, 6.45) is 8.32. The second kappa shape index (κ2) is 7.26. The van der Waals surface area contributed by atoms with Gasteiger partial charge in [-0.05, 0) is 68.9 Å². The second-order valence-electron chi connectivity index (χ2n) is 7.92. The molecular weight excluding hydrogens is 244 g/mol. The van der Waals surface area contributed by atoms with Crippen LogP contribution in [0.25, 0.3) is 0 Å². The average Bonchev–Trinajstić information content (AvgIpc) is 3.15. The van der Waals surface area contributed by atoms with Gasteiger partial charge in [0.2, 0.25) is 0 Å². The van der Waals surface area contributed by atoms with Crippen molar-refractivity contribution in [3.63, 3.8) is 0 Å². The molecule has 2 nitrogen and oxygen atoms in total. The third-order valence-corrected chi connectivity index (χ3v) is 5.33. The van der Waals surface area contributed by atoms with Crippen LogP contribution < -0.4 is 5.32 Å². The molecule has 0 aromatic heterocycles. The Kier molecular flexibility index (Phi) is 5.92. The summed E-state index contributed by atoms with van der Waals surface area (Å²) >= 11 is 0. The Bertz CT molecular complexity index is 283. The minimum Gasteiger partial charge on any atom is -0.313 e. The molecule has 2 aliphatic rings. The third kappa shape index (κ3) is 4.46. The van der Waals surface area contributed by atoms with Gasteiger partial charge < -0.3 is 10.2 Å². The van der Waals surface area contributed by atoms with E-state index in [2.05, 4.69) is 37.9 Å². The van der Waals surface area contributed by atoms with Gasteiger partial charge >= 0.3 is 0 Å². The molecule has 0 aliphatic heterocycles. The number of hydrogen-bond acceptors (Lipinski definition) is 2. The van der Waals surface area contributed by atoms with Gasteiger partial charge in [0.05, 0.1) is 0 Å². The van der Waals surface area contributed by atoms with E-state index < -0.39 is 0 Å². The fourth-order valence-corrected chi connectivity index (χ4v) is 4.03. The number of hydrogen-bond donors (Lipinski definition) is 1. The van der Waals surface area contributed by atoms with E-state index in [4.69, 9.17) is 0 Å². The molecule has 0 spiro atoms. The molecule has 2 saturated carbocycles. The summed E-state index contributed by atoms with van der Waals surface area (Å²) in [7, 11) is 0. The smallest absolute Gasteiger partial charge is 0.0159 e. The van der Waals surface area contributed by atoms with Gasteiger partial charge in [0.15, 0.2) is 0 Å².